The minimum Gasteiger partial charge on any atom is -0.348 e. The zero-order chi connectivity index (χ0) is 10.3. The molecule has 1 heterocycles. The van der Waals surface area contributed by atoms with Crippen molar-refractivity contribution in [2.75, 3.05) is 0 Å². The van der Waals surface area contributed by atoms with Crippen molar-refractivity contribution in [3.63, 3.8) is 0 Å². The standard InChI is InChI=1S/C10H9BrN2S/c1-5-7(4-12)10(14)13-9(8(5)11)6-2-3-6/h6H,2-3H2,1H3,(H,13,14). The maximum absolute atomic E-state index is 8.91. The van der Waals surface area contributed by atoms with Gasteiger partial charge in [-0.05, 0) is 41.3 Å². The number of nitrogens with zero attached hydrogens (tertiary/aromatic N) is 1. The van der Waals surface area contributed by atoms with Gasteiger partial charge in [0.15, 0.2) is 0 Å². The van der Waals surface area contributed by atoms with E-state index in [0.29, 0.717) is 16.1 Å². The molecule has 0 bridgehead atoms. The highest BCUT2D eigenvalue weighted by molar-refractivity contribution is 9.10. The molecule has 2 rings (SSSR count). The van der Waals surface area contributed by atoms with Gasteiger partial charge in [0.25, 0.3) is 0 Å². The van der Waals surface area contributed by atoms with Crippen LogP contribution in [0, 0.1) is 22.9 Å². The van der Waals surface area contributed by atoms with E-state index in [9.17, 15) is 0 Å². The molecular weight excluding hydrogens is 260 g/mol. The molecule has 1 fully saturated rings. The van der Waals surface area contributed by atoms with E-state index >= 15 is 0 Å². The molecule has 0 unspecified atom stereocenters. The summed E-state index contributed by atoms with van der Waals surface area (Å²) in [6.45, 7) is 1.93. The summed E-state index contributed by atoms with van der Waals surface area (Å²) >= 11 is 8.65. The van der Waals surface area contributed by atoms with Crippen molar-refractivity contribution < 1.29 is 0 Å². The molecule has 72 valence electrons. The molecule has 0 aromatic carbocycles. The lowest BCUT2D eigenvalue weighted by molar-refractivity contribution is 0.986. The van der Waals surface area contributed by atoms with Crippen molar-refractivity contribution in [1.29, 1.82) is 5.26 Å². The van der Waals surface area contributed by atoms with Gasteiger partial charge in [0.2, 0.25) is 0 Å². The minimum absolute atomic E-state index is 0.565. The van der Waals surface area contributed by atoms with Crippen molar-refractivity contribution in [2.45, 2.75) is 25.7 Å². The average molecular weight is 269 g/mol. The van der Waals surface area contributed by atoms with E-state index in [-0.39, 0.29) is 0 Å². The van der Waals surface area contributed by atoms with E-state index in [1.807, 2.05) is 6.92 Å². The predicted octanol–water partition coefficient (Wildman–Crippen LogP) is 3.56. The molecule has 2 nitrogen and oxygen atoms in total. The van der Waals surface area contributed by atoms with Gasteiger partial charge in [0, 0.05) is 16.1 Å². The van der Waals surface area contributed by atoms with Gasteiger partial charge in [-0.25, -0.2) is 0 Å². The second-order valence-corrected chi connectivity index (χ2v) is 4.77. The Balaban J connectivity index is 2.68. The smallest absolute Gasteiger partial charge is 0.121 e. The average Bonchev–Trinajstić information content (AvgIpc) is 2.95. The van der Waals surface area contributed by atoms with Gasteiger partial charge in [-0.1, -0.05) is 12.2 Å². The molecule has 0 radical (unpaired) electrons. The van der Waals surface area contributed by atoms with Crippen LogP contribution in [0.3, 0.4) is 0 Å². The third-order valence-electron chi connectivity index (χ3n) is 2.51. The van der Waals surface area contributed by atoms with Crippen LogP contribution in [-0.4, -0.2) is 4.98 Å². The van der Waals surface area contributed by atoms with Gasteiger partial charge in [-0.2, -0.15) is 5.26 Å². The fourth-order valence-corrected chi connectivity index (χ4v) is 2.44. The zero-order valence-corrected chi connectivity index (χ0v) is 10.1. The third-order valence-corrected chi connectivity index (χ3v) is 3.84. The number of H-pyrrole nitrogens is 1. The Hall–Kier alpha value is -0.660. The molecule has 4 heteroatoms. The molecule has 1 saturated carbocycles. The van der Waals surface area contributed by atoms with Crippen molar-refractivity contribution in [3.8, 4) is 6.07 Å². The Morgan fingerprint density at radius 2 is 2.21 bits per heavy atom. The number of nitriles is 1. The Labute approximate surface area is 96.1 Å². The molecule has 1 aromatic heterocycles. The molecular formula is C10H9BrN2S. The summed E-state index contributed by atoms with van der Waals surface area (Å²) in [6.07, 6.45) is 2.43. The lowest BCUT2D eigenvalue weighted by Crippen LogP contribution is -1.96. The SMILES string of the molecule is Cc1c(Br)c(C2CC2)[nH]c(=S)c1C#N. The summed E-state index contributed by atoms with van der Waals surface area (Å²) in [5, 5.41) is 8.91. The predicted molar refractivity (Wildman–Crippen MR) is 60.8 cm³/mol. The quantitative estimate of drug-likeness (QED) is 0.792. The summed E-state index contributed by atoms with van der Waals surface area (Å²) in [4.78, 5) is 3.14. The largest absolute Gasteiger partial charge is 0.348 e. The Morgan fingerprint density at radius 3 is 2.71 bits per heavy atom. The van der Waals surface area contributed by atoms with Crippen molar-refractivity contribution >= 4 is 28.1 Å². The number of nitrogens with one attached hydrogen (secondary N) is 1. The molecule has 0 amide bonds. The molecule has 0 saturated heterocycles. The van der Waals surface area contributed by atoms with Crippen LogP contribution in [-0.2, 0) is 0 Å². The van der Waals surface area contributed by atoms with Gasteiger partial charge in [0.1, 0.15) is 10.7 Å². The third kappa shape index (κ3) is 1.51. The van der Waals surface area contributed by atoms with Gasteiger partial charge >= 0.3 is 0 Å². The number of rotatable bonds is 1. The normalized spacial score (nSPS) is 15.2. The Morgan fingerprint density at radius 1 is 1.57 bits per heavy atom. The fourth-order valence-electron chi connectivity index (χ4n) is 1.51. The molecule has 0 atom stereocenters. The zero-order valence-electron chi connectivity index (χ0n) is 7.72. The molecule has 0 spiro atoms. The lowest BCUT2D eigenvalue weighted by Gasteiger charge is -2.07. The Kier molecular flexibility index (Phi) is 2.46. The highest BCUT2D eigenvalue weighted by atomic mass is 79.9. The van der Waals surface area contributed by atoms with E-state index in [0.717, 1.165) is 15.7 Å². The first-order chi connectivity index (χ1) is 6.65. The number of pyridine rings is 1. The van der Waals surface area contributed by atoms with E-state index in [2.05, 4.69) is 27.0 Å². The molecule has 1 N–H and O–H groups in total. The molecule has 1 aliphatic carbocycles. The van der Waals surface area contributed by atoms with Gasteiger partial charge in [-0.15, -0.1) is 0 Å². The number of aromatic nitrogens is 1. The van der Waals surface area contributed by atoms with Crippen LogP contribution in [0.25, 0.3) is 0 Å². The van der Waals surface area contributed by atoms with Crippen LogP contribution in [0.4, 0.5) is 0 Å². The van der Waals surface area contributed by atoms with Gasteiger partial charge in [0.05, 0.1) is 5.56 Å². The van der Waals surface area contributed by atoms with Crippen molar-refractivity contribution in [3.05, 3.63) is 25.9 Å². The lowest BCUT2D eigenvalue weighted by atomic mass is 10.1. The van der Waals surface area contributed by atoms with E-state index in [4.69, 9.17) is 17.5 Å². The second-order valence-electron chi connectivity index (χ2n) is 3.57. The number of hydrogen-bond acceptors (Lipinski definition) is 2. The summed E-state index contributed by atoms with van der Waals surface area (Å²) in [5.41, 5.74) is 2.70. The summed E-state index contributed by atoms with van der Waals surface area (Å²) in [6, 6.07) is 2.13. The van der Waals surface area contributed by atoms with Gasteiger partial charge in [-0.3, -0.25) is 0 Å². The highest BCUT2D eigenvalue weighted by Gasteiger charge is 2.27. The summed E-state index contributed by atoms with van der Waals surface area (Å²) in [5.74, 6) is 0.609. The number of halogens is 1. The summed E-state index contributed by atoms with van der Waals surface area (Å²) in [7, 11) is 0. The van der Waals surface area contributed by atoms with Crippen LogP contribution in [0.5, 0.6) is 0 Å². The van der Waals surface area contributed by atoms with Crippen LogP contribution in [0.2, 0.25) is 0 Å². The monoisotopic (exact) mass is 268 g/mol. The first-order valence-corrected chi connectivity index (χ1v) is 5.67. The van der Waals surface area contributed by atoms with Crippen LogP contribution < -0.4 is 0 Å². The van der Waals surface area contributed by atoms with E-state index in [1.165, 1.54) is 12.8 Å². The van der Waals surface area contributed by atoms with E-state index < -0.39 is 0 Å². The molecule has 0 aliphatic heterocycles. The van der Waals surface area contributed by atoms with E-state index in [1.54, 1.807) is 0 Å². The Bertz CT molecular complexity index is 480. The summed E-state index contributed by atoms with van der Waals surface area (Å²) < 4.78 is 1.58. The van der Waals surface area contributed by atoms with Gasteiger partial charge < -0.3 is 4.98 Å². The first kappa shape index (κ1) is 9.88. The molecule has 14 heavy (non-hydrogen) atoms. The fraction of sp³-hybridized carbons (Fsp3) is 0.400. The van der Waals surface area contributed by atoms with Crippen molar-refractivity contribution in [1.82, 2.24) is 4.98 Å². The van der Waals surface area contributed by atoms with Crippen LogP contribution in [0.15, 0.2) is 4.47 Å². The van der Waals surface area contributed by atoms with Crippen LogP contribution in [0.1, 0.15) is 35.6 Å². The first-order valence-electron chi connectivity index (χ1n) is 4.47. The van der Waals surface area contributed by atoms with Crippen LogP contribution >= 0.6 is 28.1 Å². The highest BCUT2D eigenvalue weighted by Crippen LogP contribution is 2.43. The molecule has 1 aliphatic rings. The molecule has 1 aromatic rings. The minimum atomic E-state index is 0.565. The number of aromatic amines is 1. The van der Waals surface area contributed by atoms with Crippen molar-refractivity contribution in [2.24, 2.45) is 0 Å². The topological polar surface area (TPSA) is 39.6 Å². The second kappa shape index (κ2) is 3.48. The number of hydrogen-bond donors (Lipinski definition) is 1. The maximum atomic E-state index is 8.91. The maximum Gasteiger partial charge on any atom is 0.121 e.